The van der Waals surface area contributed by atoms with Crippen LogP contribution in [0.1, 0.15) is 27.0 Å². The maximum absolute atomic E-state index is 14.7. The van der Waals surface area contributed by atoms with Gasteiger partial charge in [0.2, 0.25) is 5.28 Å². The number of carbonyl (C=O) groups excluding carboxylic acids is 1. The molecule has 4 rings (SSSR count). The summed E-state index contributed by atoms with van der Waals surface area (Å²) in [7, 11) is -4.43. The summed E-state index contributed by atoms with van der Waals surface area (Å²) < 4.78 is 51.8. The van der Waals surface area contributed by atoms with Gasteiger partial charge in [0.1, 0.15) is 36.4 Å². The standard InChI is InChI=1S/C25H28ClFN5O8P/c1-5-25(12-37-41(36,40-15-9-7-6-8-10-15)31-14(4)23(35)38-13(2)3)19(34)18(33)22(39-25)32-11-16(27)17-20(28)29-24(26)30-21(17)32/h1,6-11,13-14,18-19,22,33-34H,12H2,2-4H3,(H,31,36)(H2,28,29,30)/t14-,18?,19+,22+,25+,41-/m0/s1. The first kappa shape index (κ1) is 30.7. The molecule has 3 heterocycles. The lowest BCUT2D eigenvalue weighted by molar-refractivity contribution is -0.149. The Hall–Kier alpha value is -3.28. The van der Waals surface area contributed by atoms with Crippen molar-refractivity contribution < 1.29 is 42.5 Å². The Labute approximate surface area is 239 Å². The van der Waals surface area contributed by atoms with Crippen molar-refractivity contribution in [2.24, 2.45) is 0 Å². The van der Waals surface area contributed by atoms with Crippen LogP contribution in [0.15, 0.2) is 36.5 Å². The molecule has 13 nitrogen and oxygen atoms in total. The van der Waals surface area contributed by atoms with Gasteiger partial charge < -0.3 is 34.5 Å². The zero-order valence-electron chi connectivity index (χ0n) is 22.1. The monoisotopic (exact) mass is 611 g/mol. The van der Waals surface area contributed by atoms with E-state index in [1.54, 1.807) is 32.0 Å². The molecule has 0 radical (unpaired) electrons. The number of nitrogens with two attached hydrogens (primary N) is 1. The second kappa shape index (κ2) is 11.9. The third-order valence-electron chi connectivity index (χ3n) is 6.04. The number of para-hydroxylation sites is 1. The number of terminal acetylenes is 1. The Morgan fingerprint density at radius 3 is 2.66 bits per heavy atom. The molecule has 0 amide bonds. The molecular weight excluding hydrogens is 584 g/mol. The maximum Gasteiger partial charge on any atom is 0.459 e. The van der Waals surface area contributed by atoms with E-state index < -0.39 is 62.3 Å². The Morgan fingerprint density at radius 1 is 1.34 bits per heavy atom. The number of esters is 1. The minimum atomic E-state index is -4.43. The third kappa shape index (κ3) is 6.32. The smallest absolute Gasteiger partial charge is 0.459 e. The van der Waals surface area contributed by atoms with Crippen LogP contribution in [0.5, 0.6) is 5.75 Å². The molecule has 1 aromatic carbocycles. The molecule has 0 bridgehead atoms. The number of fused-ring (bicyclic) bond motifs is 1. The van der Waals surface area contributed by atoms with Crippen LogP contribution in [0.2, 0.25) is 5.28 Å². The summed E-state index contributed by atoms with van der Waals surface area (Å²) in [5, 5.41) is 23.9. The van der Waals surface area contributed by atoms with Crippen molar-refractivity contribution in [1.82, 2.24) is 19.6 Å². The molecule has 2 aromatic heterocycles. The summed E-state index contributed by atoms with van der Waals surface area (Å²) in [6.07, 6.45) is 1.10. The topological polar surface area (TPSA) is 180 Å². The lowest BCUT2D eigenvalue weighted by Crippen LogP contribution is -2.46. The van der Waals surface area contributed by atoms with Crippen LogP contribution >= 0.6 is 19.3 Å². The van der Waals surface area contributed by atoms with Gasteiger partial charge in [-0.25, -0.2) is 13.9 Å². The molecule has 1 fully saturated rings. The van der Waals surface area contributed by atoms with E-state index in [-0.39, 0.29) is 27.9 Å². The molecule has 1 aliphatic heterocycles. The van der Waals surface area contributed by atoms with E-state index in [9.17, 15) is 24.0 Å². The van der Waals surface area contributed by atoms with Crippen LogP contribution in [-0.2, 0) is 23.4 Å². The number of ether oxygens (including phenoxy) is 2. The second-order valence-electron chi connectivity index (χ2n) is 9.45. The number of anilines is 1. The van der Waals surface area contributed by atoms with Crippen LogP contribution < -0.4 is 15.3 Å². The lowest BCUT2D eigenvalue weighted by atomic mass is 9.97. The van der Waals surface area contributed by atoms with Crippen molar-refractivity contribution in [2.45, 2.75) is 57.0 Å². The number of benzene rings is 1. The summed E-state index contributed by atoms with van der Waals surface area (Å²) in [5.41, 5.74) is 3.52. The molecular formula is C25H28ClFN5O8P. The van der Waals surface area contributed by atoms with E-state index in [4.69, 9.17) is 42.3 Å². The molecule has 6 atom stereocenters. The Balaban J connectivity index is 1.63. The van der Waals surface area contributed by atoms with Crippen molar-refractivity contribution >= 4 is 42.2 Å². The first-order chi connectivity index (χ1) is 19.3. The zero-order valence-corrected chi connectivity index (χ0v) is 23.8. The second-order valence-corrected chi connectivity index (χ2v) is 11.5. The molecule has 220 valence electrons. The molecule has 5 N–H and O–H groups in total. The number of nitrogens with zero attached hydrogens (tertiary/aromatic N) is 3. The minimum Gasteiger partial charge on any atom is -0.462 e. The normalized spacial score (nSPS) is 24.6. The summed E-state index contributed by atoms with van der Waals surface area (Å²) in [4.78, 5) is 20.1. The molecule has 1 aliphatic rings. The van der Waals surface area contributed by atoms with Crippen molar-refractivity contribution in [1.29, 1.82) is 0 Å². The van der Waals surface area contributed by atoms with Gasteiger partial charge in [-0.05, 0) is 44.5 Å². The average molecular weight is 612 g/mol. The predicted octanol–water partition coefficient (Wildman–Crippen LogP) is 2.56. The number of rotatable bonds is 10. The molecule has 0 spiro atoms. The average Bonchev–Trinajstić information content (AvgIpc) is 3.36. The highest BCUT2D eigenvalue weighted by atomic mass is 35.5. The van der Waals surface area contributed by atoms with Crippen molar-refractivity contribution in [2.75, 3.05) is 12.3 Å². The molecule has 1 unspecified atom stereocenters. The SMILES string of the molecule is C#C[C@]1(CO[P@@](=O)(N[C@@H](C)C(=O)OC(C)C)Oc2ccccc2)O[C@@H](n2cc(F)c3c(N)nc(Cl)nc32)C(O)[C@H]1O. The van der Waals surface area contributed by atoms with E-state index in [0.29, 0.717) is 0 Å². The van der Waals surface area contributed by atoms with E-state index >= 15 is 0 Å². The van der Waals surface area contributed by atoms with Crippen molar-refractivity contribution in [3.63, 3.8) is 0 Å². The predicted molar refractivity (Wildman–Crippen MR) is 145 cm³/mol. The van der Waals surface area contributed by atoms with Crippen molar-refractivity contribution in [3.05, 3.63) is 47.6 Å². The fourth-order valence-electron chi connectivity index (χ4n) is 4.10. The van der Waals surface area contributed by atoms with Gasteiger partial charge in [-0.3, -0.25) is 9.32 Å². The van der Waals surface area contributed by atoms with E-state index in [0.717, 1.165) is 10.8 Å². The first-order valence-corrected chi connectivity index (χ1v) is 14.2. The van der Waals surface area contributed by atoms with E-state index in [1.807, 2.05) is 0 Å². The zero-order chi connectivity index (χ0) is 30.1. The fourth-order valence-corrected chi connectivity index (χ4v) is 5.79. The Bertz CT molecular complexity index is 1520. The van der Waals surface area contributed by atoms with E-state index in [1.165, 1.54) is 19.1 Å². The highest BCUT2D eigenvalue weighted by molar-refractivity contribution is 7.52. The van der Waals surface area contributed by atoms with Crippen LogP contribution in [-0.4, -0.2) is 67.3 Å². The molecule has 0 saturated carbocycles. The maximum atomic E-state index is 14.7. The number of aromatic nitrogens is 3. The highest BCUT2D eigenvalue weighted by Gasteiger charge is 2.56. The number of nitrogen functional groups attached to an aromatic ring is 1. The van der Waals surface area contributed by atoms with Crippen LogP contribution in [0.3, 0.4) is 0 Å². The molecule has 0 aliphatic carbocycles. The van der Waals surface area contributed by atoms with Gasteiger partial charge in [0.25, 0.3) is 0 Å². The van der Waals surface area contributed by atoms with Gasteiger partial charge in [0.15, 0.2) is 23.3 Å². The third-order valence-corrected chi connectivity index (χ3v) is 7.84. The lowest BCUT2D eigenvalue weighted by Gasteiger charge is -2.29. The number of aliphatic hydroxyl groups excluding tert-OH is 2. The van der Waals surface area contributed by atoms with Gasteiger partial charge >= 0.3 is 13.7 Å². The highest BCUT2D eigenvalue weighted by Crippen LogP contribution is 2.48. The summed E-state index contributed by atoms with van der Waals surface area (Å²) in [6, 6.07) is 6.77. The van der Waals surface area contributed by atoms with Gasteiger partial charge in [0, 0.05) is 6.20 Å². The number of aliphatic hydroxyl groups is 2. The number of hydrogen-bond donors (Lipinski definition) is 4. The largest absolute Gasteiger partial charge is 0.462 e. The summed E-state index contributed by atoms with van der Waals surface area (Å²) in [5.74, 6) is 0.512. The fraction of sp³-hybridized carbons (Fsp3) is 0.400. The number of nitrogens with one attached hydrogen (secondary N) is 1. The quantitative estimate of drug-likeness (QED) is 0.114. The van der Waals surface area contributed by atoms with Crippen molar-refractivity contribution in [3.8, 4) is 18.1 Å². The summed E-state index contributed by atoms with van der Waals surface area (Å²) in [6.45, 7) is 3.87. The van der Waals surface area contributed by atoms with Crippen LogP contribution in [0, 0.1) is 18.2 Å². The van der Waals surface area contributed by atoms with E-state index in [2.05, 4.69) is 21.0 Å². The molecule has 16 heteroatoms. The summed E-state index contributed by atoms with van der Waals surface area (Å²) >= 11 is 5.89. The number of hydrogen-bond acceptors (Lipinski definition) is 11. The van der Waals surface area contributed by atoms with Crippen LogP contribution in [0.25, 0.3) is 11.0 Å². The number of carbonyl (C=O) groups is 1. The molecule has 41 heavy (non-hydrogen) atoms. The van der Waals surface area contributed by atoms with Crippen LogP contribution in [0.4, 0.5) is 10.2 Å². The van der Waals surface area contributed by atoms with Gasteiger partial charge in [0.05, 0.1) is 11.5 Å². The molecule has 3 aromatic rings. The number of halogens is 2. The van der Waals surface area contributed by atoms with Gasteiger partial charge in [-0.2, -0.15) is 10.1 Å². The van der Waals surface area contributed by atoms with Gasteiger partial charge in [-0.15, -0.1) is 6.42 Å². The Kier molecular flexibility index (Phi) is 8.91. The van der Waals surface area contributed by atoms with Gasteiger partial charge in [-0.1, -0.05) is 24.1 Å². The minimum absolute atomic E-state index is 0.122. The first-order valence-electron chi connectivity index (χ1n) is 12.3. The Morgan fingerprint density at radius 2 is 2.02 bits per heavy atom. The molecule has 1 saturated heterocycles.